The van der Waals surface area contributed by atoms with Gasteiger partial charge in [-0.3, -0.25) is 14.6 Å². The highest BCUT2D eigenvalue weighted by atomic mass is 16.4. The zero-order valence-electron chi connectivity index (χ0n) is 26.2. The number of aromatic nitrogens is 4. The van der Waals surface area contributed by atoms with Crippen LogP contribution < -0.4 is 0 Å². The van der Waals surface area contributed by atoms with Gasteiger partial charge >= 0.3 is 17.9 Å². The predicted octanol–water partition coefficient (Wildman–Crippen LogP) is 7.38. The van der Waals surface area contributed by atoms with Gasteiger partial charge in [-0.15, -0.1) is 0 Å². The number of aromatic amines is 2. The van der Waals surface area contributed by atoms with Gasteiger partial charge < -0.3 is 25.3 Å². The fourth-order valence-corrected chi connectivity index (χ4v) is 6.88. The van der Waals surface area contributed by atoms with Crippen molar-refractivity contribution in [2.75, 3.05) is 0 Å². The Morgan fingerprint density at radius 3 is 2.18 bits per heavy atom. The molecule has 5 N–H and O–H groups in total. The summed E-state index contributed by atoms with van der Waals surface area (Å²) in [5.74, 6) is -3.98. The van der Waals surface area contributed by atoms with E-state index in [0.717, 1.165) is 39.0 Å². The van der Waals surface area contributed by atoms with E-state index >= 15 is 0 Å². The number of fused-ring (bicyclic) bond motifs is 8. The van der Waals surface area contributed by atoms with E-state index < -0.39 is 30.2 Å². The van der Waals surface area contributed by atoms with Crippen LogP contribution in [0.4, 0.5) is 0 Å². The topological polar surface area (TPSA) is 169 Å². The zero-order valence-corrected chi connectivity index (χ0v) is 26.2. The lowest BCUT2D eigenvalue weighted by molar-refractivity contribution is -0.138. The van der Waals surface area contributed by atoms with Crippen LogP contribution in [0.25, 0.3) is 39.3 Å². The predicted molar refractivity (Wildman–Crippen MR) is 174 cm³/mol. The second-order valence-corrected chi connectivity index (χ2v) is 11.7. The van der Waals surface area contributed by atoms with Crippen LogP contribution in [0, 0.1) is 13.8 Å². The summed E-state index contributed by atoms with van der Waals surface area (Å²) in [5, 5.41) is 30.1. The minimum absolute atomic E-state index is 0.0415. The van der Waals surface area contributed by atoms with Crippen molar-refractivity contribution < 1.29 is 29.7 Å². The maximum absolute atomic E-state index is 12.7. The van der Waals surface area contributed by atoms with Gasteiger partial charge in [0, 0.05) is 51.6 Å². The maximum atomic E-state index is 12.7. The summed E-state index contributed by atoms with van der Waals surface area (Å²) >= 11 is 0. The molecule has 45 heavy (non-hydrogen) atoms. The molecule has 3 aromatic rings. The minimum Gasteiger partial charge on any atom is -0.481 e. The van der Waals surface area contributed by atoms with Gasteiger partial charge in [-0.2, -0.15) is 0 Å². The molecule has 2 aliphatic heterocycles. The molecule has 2 aliphatic rings. The number of carboxylic acid groups (broad SMARTS) is 3. The molecule has 3 aromatic heterocycles. The molecule has 0 spiro atoms. The molecule has 0 unspecified atom stereocenters. The van der Waals surface area contributed by atoms with Gasteiger partial charge in [0.1, 0.15) is 0 Å². The summed E-state index contributed by atoms with van der Waals surface area (Å²) in [4.78, 5) is 53.5. The quantitative estimate of drug-likeness (QED) is 0.167. The van der Waals surface area contributed by atoms with Crippen LogP contribution in [0.2, 0.25) is 0 Å². The summed E-state index contributed by atoms with van der Waals surface area (Å²) < 4.78 is 0. The SMILES string of the molecule is C=Cc1c(C)c2cc3nc(c(CC(=O)O)c4[nH]c(cc5nc(cc1[nH]2)C(C)=C5CC)c(C)c4C(=O)O)[C@@H](CCC(=O)O)[C@@H]3CC. The van der Waals surface area contributed by atoms with Crippen molar-refractivity contribution in [2.24, 2.45) is 0 Å². The first kappa shape index (κ1) is 31.4. The number of hydrogen-bond donors (Lipinski definition) is 5. The number of nitrogens with zero attached hydrogens (tertiary/aromatic N) is 2. The van der Waals surface area contributed by atoms with E-state index in [1.54, 1.807) is 13.0 Å². The smallest absolute Gasteiger partial charge is 0.338 e. The Morgan fingerprint density at radius 1 is 0.889 bits per heavy atom. The largest absolute Gasteiger partial charge is 0.481 e. The molecule has 10 nitrogen and oxygen atoms in total. The molecule has 5 heterocycles. The minimum atomic E-state index is -1.20. The highest BCUT2D eigenvalue weighted by Gasteiger charge is 2.35. The normalized spacial score (nSPS) is 16.2. The van der Waals surface area contributed by atoms with Crippen LogP contribution in [0.3, 0.4) is 0 Å². The third-order valence-corrected chi connectivity index (χ3v) is 9.18. The lowest BCUT2D eigenvalue weighted by Crippen LogP contribution is -2.12. The van der Waals surface area contributed by atoms with Crippen LogP contribution in [0.5, 0.6) is 0 Å². The van der Waals surface area contributed by atoms with Crippen LogP contribution in [-0.2, 0) is 16.0 Å². The van der Waals surface area contributed by atoms with Crippen molar-refractivity contribution in [3.63, 3.8) is 0 Å². The molecule has 0 aromatic carbocycles. The lowest BCUT2D eigenvalue weighted by atomic mass is 9.82. The number of allylic oxidation sites excluding steroid dienone is 2. The summed E-state index contributed by atoms with van der Waals surface area (Å²) in [7, 11) is 0. The number of carboxylic acids is 3. The van der Waals surface area contributed by atoms with Gasteiger partial charge in [0.2, 0.25) is 0 Å². The fraction of sp³-hybridized carbons (Fsp3) is 0.343. The standard InChI is InChI=1S/C35H38N4O6/c1-7-19-17(5)25-14-29-21(9-3)22(10-11-30(40)41)33(39-29)23(12-31(42)43)34-32(35(44)45)18(6)26(38-34)15-28-20(8-2)16(4)24(36-28)13-27(19)37-25/h7,13-15,21-22,37-38H,1,8-12H2,2-6H3,(H,40,41)(H,42,43)(H,44,45)/t21-,22-/m0/s1. The molecule has 8 bridgehead atoms. The second-order valence-electron chi connectivity index (χ2n) is 11.7. The number of nitrogens with one attached hydrogen (secondary N) is 2. The van der Waals surface area contributed by atoms with Crippen LogP contribution in [0.1, 0.15) is 114 Å². The monoisotopic (exact) mass is 610 g/mol. The molecule has 0 aliphatic carbocycles. The van der Waals surface area contributed by atoms with Gasteiger partial charge in [-0.1, -0.05) is 26.5 Å². The van der Waals surface area contributed by atoms with E-state index in [4.69, 9.17) is 9.97 Å². The number of aromatic carboxylic acids is 1. The summed E-state index contributed by atoms with van der Waals surface area (Å²) in [6, 6.07) is 5.75. The fourth-order valence-electron chi connectivity index (χ4n) is 6.88. The Labute approximate surface area is 260 Å². The van der Waals surface area contributed by atoms with Crippen molar-refractivity contribution in [2.45, 2.75) is 78.6 Å². The Balaban J connectivity index is 2.06. The first-order valence-corrected chi connectivity index (χ1v) is 15.2. The van der Waals surface area contributed by atoms with Gasteiger partial charge in [0.25, 0.3) is 0 Å². The molecule has 2 atom stereocenters. The van der Waals surface area contributed by atoms with E-state index in [9.17, 15) is 29.7 Å². The van der Waals surface area contributed by atoms with Crippen LogP contribution >= 0.6 is 0 Å². The zero-order chi connectivity index (χ0) is 32.7. The summed E-state index contributed by atoms with van der Waals surface area (Å²) in [6.07, 6.45) is 2.69. The maximum Gasteiger partial charge on any atom is 0.338 e. The molecule has 234 valence electrons. The molecular formula is C35H38N4O6. The van der Waals surface area contributed by atoms with Gasteiger partial charge in [0.15, 0.2) is 0 Å². The molecule has 0 radical (unpaired) electrons. The van der Waals surface area contributed by atoms with Crippen molar-refractivity contribution >= 4 is 57.2 Å². The average Bonchev–Trinajstić information content (AvgIpc) is 3.67. The van der Waals surface area contributed by atoms with E-state index in [1.165, 1.54) is 0 Å². The molecule has 0 fully saturated rings. The molecule has 0 saturated carbocycles. The number of aryl methyl sites for hydroxylation is 2. The molecule has 10 heteroatoms. The van der Waals surface area contributed by atoms with Crippen molar-refractivity contribution in [3.8, 4) is 0 Å². The Kier molecular flexibility index (Phi) is 8.51. The molecule has 0 amide bonds. The first-order chi connectivity index (χ1) is 21.4. The molecule has 0 saturated heterocycles. The highest BCUT2D eigenvalue weighted by molar-refractivity contribution is 6.02. The Morgan fingerprint density at radius 2 is 1.58 bits per heavy atom. The van der Waals surface area contributed by atoms with Crippen molar-refractivity contribution in [1.29, 1.82) is 0 Å². The third-order valence-electron chi connectivity index (χ3n) is 9.18. The number of H-pyrrole nitrogens is 2. The Bertz CT molecular complexity index is 1960. The van der Waals surface area contributed by atoms with Crippen LogP contribution in [-0.4, -0.2) is 53.2 Å². The Hall–Kier alpha value is -4.99. The van der Waals surface area contributed by atoms with Crippen molar-refractivity contribution in [1.82, 2.24) is 19.9 Å². The van der Waals surface area contributed by atoms with Gasteiger partial charge in [0.05, 0.1) is 34.6 Å². The van der Waals surface area contributed by atoms with E-state index in [1.807, 2.05) is 45.9 Å². The third kappa shape index (κ3) is 5.56. The summed E-state index contributed by atoms with van der Waals surface area (Å²) in [5.41, 5.74) is 9.37. The van der Waals surface area contributed by atoms with E-state index in [-0.39, 0.29) is 35.4 Å². The highest BCUT2D eigenvalue weighted by Crippen LogP contribution is 2.44. The number of rotatable bonds is 9. The average molecular weight is 611 g/mol. The van der Waals surface area contributed by atoms with E-state index in [2.05, 4.69) is 16.5 Å². The number of hydrogen-bond acceptors (Lipinski definition) is 5. The molecule has 5 rings (SSSR count). The van der Waals surface area contributed by atoms with Gasteiger partial charge in [-0.25, -0.2) is 9.78 Å². The van der Waals surface area contributed by atoms with E-state index in [0.29, 0.717) is 41.0 Å². The lowest BCUT2D eigenvalue weighted by Gasteiger charge is -2.19. The number of aliphatic carboxylic acids is 2. The first-order valence-electron chi connectivity index (χ1n) is 15.2. The number of carbonyl (C=O) groups is 3. The van der Waals surface area contributed by atoms with Gasteiger partial charge in [-0.05, 0) is 80.5 Å². The van der Waals surface area contributed by atoms with Crippen molar-refractivity contribution in [3.05, 3.63) is 75.4 Å². The van der Waals surface area contributed by atoms with Crippen LogP contribution in [0.15, 0.2) is 24.8 Å². The molecular weight excluding hydrogens is 572 g/mol. The summed E-state index contributed by atoms with van der Waals surface area (Å²) in [6.45, 7) is 13.8. The second kappa shape index (κ2) is 12.2.